The molecule has 0 saturated carbocycles. The van der Waals surface area contributed by atoms with E-state index in [1.165, 1.54) is 53.5 Å². The summed E-state index contributed by atoms with van der Waals surface area (Å²) in [5, 5.41) is 10.8. The molecule has 0 aromatic heterocycles. The number of non-ortho nitro benzene ring substituents is 1. The molecule has 1 fully saturated rings. The highest BCUT2D eigenvalue weighted by atomic mass is 32.2. The first-order valence-corrected chi connectivity index (χ1v) is 11.0. The highest BCUT2D eigenvalue weighted by Crippen LogP contribution is 2.34. The summed E-state index contributed by atoms with van der Waals surface area (Å²) in [6.45, 7) is 5.53. The van der Waals surface area contributed by atoms with Crippen LogP contribution in [0.2, 0.25) is 0 Å². The summed E-state index contributed by atoms with van der Waals surface area (Å²) in [6.07, 6.45) is 3.01. The first-order valence-electron chi connectivity index (χ1n) is 8.69. The highest BCUT2D eigenvalue weighted by molar-refractivity contribution is 8.19. The Morgan fingerprint density at radius 3 is 2.37 bits per heavy atom. The maximum Gasteiger partial charge on any atom is 0.284 e. The lowest BCUT2D eigenvalue weighted by Gasteiger charge is -2.12. The molecule has 1 aliphatic rings. The average molecular weight is 444 g/mol. The monoisotopic (exact) mass is 443 g/mol. The normalized spacial score (nSPS) is 17.0. The zero-order valence-electron chi connectivity index (χ0n) is 15.9. The minimum absolute atomic E-state index is 0.0219. The van der Waals surface area contributed by atoms with E-state index in [1.54, 1.807) is 12.1 Å². The molecule has 0 bridgehead atoms. The Bertz CT molecular complexity index is 1170. The number of nitro groups is 1. The van der Waals surface area contributed by atoms with E-state index in [0.717, 1.165) is 17.3 Å². The van der Waals surface area contributed by atoms with E-state index in [1.807, 2.05) is 6.92 Å². The molecule has 30 heavy (non-hydrogen) atoms. The molecular formula is C20H17N3O5S2. The summed E-state index contributed by atoms with van der Waals surface area (Å²) in [5.74, 6) is -0.420. The van der Waals surface area contributed by atoms with Gasteiger partial charge in [-0.05, 0) is 54.6 Å². The van der Waals surface area contributed by atoms with Crippen LogP contribution in [0.4, 0.5) is 5.69 Å². The van der Waals surface area contributed by atoms with Crippen molar-refractivity contribution in [3.63, 3.8) is 0 Å². The largest absolute Gasteiger partial charge is 0.284 e. The number of aryl methyl sites for hydroxylation is 1. The molecule has 1 heterocycles. The van der Waals surface area contributed by atoms with Gasteiger partial charge in [-0.2, -0.15) is 8.42 Å². The molecule has 0 N–H and O–H groups in total. The lowest BCUT2D eigenvalue weighted by Crippen LogP contribution is -2.29. The van der Waals surface area contributed by atoms with Gasteiger partial charge in [0.2, 0.25) is 0 Å². The molecule has 154 valence electrons. The van der Waals surface area contributed by atoms with Gasteiger partial charge in [0.15, 0.2) is 5.17 Å². The number of carbonyl (C=O) groups excluding carboxylic acids is 1. The van der Waals surface area contributed by atoms with Crippen LogP contribution in [0.15, 0.2) is 75.4 Å². The molecule has 1 aliphatic heterocycles. The highest BCUT2D eigenvalue weighted by Gasteiger charge is 2.34. The zero-order chi connectivity index (χ0) is 21.9. The number of carbonyl (C=O) groups is 1. The number of nitrogens with zero attached hydrogens (tertiary/aromatic N) is 3. The molecule has 0 aliphatic carbocycles. The molecule has 1 saturated heterocycles. The van der Waals surface area contributed by atoms with Crippen LogP contribution in [0.1, 0.15) is 11.1 Å². The molecule has 0 atom stereocenters. The van der Waals surface area contributed by atoms with Crippen molar-refractivity contribution >= 4 is 44.6 Å². The third-order valence-corrected chi connectivity index (χ3v) is 6.52. The van der Waals surface area contributed by atoms with E-state index < -0.39 is 20.9 Å². The van der Waals surface area contributed by atoms with Gasteiger partial charge in [-0.1, -0.05) is 23.8 Å². The molecule has 2 aromatic carbocycles. The average Bonchev–Trinajstić information content (AvgIpc) is 2.97. The Kier molecular flexibility index (Phi) is 6.18. The minimum atomic E-state index is -4.01. The number of benzene rings is 2. The molecule has 3 rings (SSSR count). The number of hydrogen-bond acceptors (Lipinski definition) is 6. The van der Waals surface area contributed by atoms with Gasteiger partial charge in [-0.25, -0.2) is 0 Å². The third-order valence-electron chi connectivity index (χ3n) is 4.12. The summed E-state index contributed by atoms with van der Waals surface area (Å²) in [6, 6.07) is 11.9. The summed E-state index contributed by atoms with van der Waals surface area (Å²) in [7, 11) is -4.01. The number of amidine groups is 1. The topological polar surface area (TPSA) is 110 Å². The van der Waals surface area contributed by atoms with E-state index >= 15 is 0 Å². The maximum absolute atomic E-state index is 12.8. The van der Waals surface area contributed by atoms with E-state index in [2.05, 4.69) is 11.0 Å². The predicted molar refractivity (Wildman–Crippen MR) is 116 cm³/mol. The predicted octanol–water partition coefficient (Wildman–Crippen LogP) is 3.75. The lowest BCUT2D eigenvalue weighted by atomic mass is 10.2. The second kappa shape index (κ2) is 8.64. The van der Waals surface area contributed by atoms with E-state index in [4.69, 9.17) is 0 Å². The fourth-order valence-corrected chi connectivity index (χ4v) is 4.77. The van der Waals surface area contributed by atoms with Crippen LogP contribution >= 0.6 is 11.8 Å². The fourth-order valence-electron chi connectivity index (χ4n) is 2.58. The van der Waals surface area contributed by atoms with Gasteiger partial charge < -0.3 is 0 Å². The number of sulfonamides is 1. The molecular weight excluding hydrogens is 426 g/mol. The van der Waals surface area contributed by atoms with Crippen LogP contribution in [-0.4, -0.2) is 35.9 Å². The number of rotatable bonds is 6. The molecule has 2 aromatic rings. The summed E-state index contributed by atoms with van der Waals surface area (Å²) in [5.41, 5.74) is 1.41. The Hall–Kier alpha value is -3.24. The lowest BCUT2D eigenvalue weighted by molar-refractivity contribution is -0.384. The molecule has 0 unspecified atom stereocenters. The Morgan fingerprint density at radius 2 is 1.80 bits per heavy atom. The van der Waals surface area contributed by atoms with Crippen LogP contribution in [0.3, 0.4) is 0 Å². The third kappa shape index (κ3) is 4.66. The van der Waals surface area contributed by atoms with Crippen molar-refractivity contribution in [3.05, 3.63) is 87.3 Å². The van der Waals surface area contributed by atoms with Gasteiger partial charge in [0, 0.05) is 18.7 Å². The SMILES string of the molecule is C=CCN1C(=O)/C(=C/c2ccc([N+](=O)[O-])cc2)SC1=NS(=O)(=O)c1ccc(C)cc1. The maximum atomic E-state index is 12.8. The summed E-state index contributed by atoms with van der Waals surface area (Å²) >= 11 is 0.924. The van der Waals surface area contributed by atoms with Crippen LogP contribution in [-0.2, 0) is 14.8 Å². The first kappa shape index (κ1) is 21.5. The van der Waals surface area contributed by atoms with E-state index in [-0.39, 0.29) is 27.2 Å². The molecule has 8 nitrogen and oxygen atoms in total. The van der Waals surface area contributed by atoms with Gasteiger partial charge in [-0.3, -0.25) is 19.8 Å². The Labute approximate surface area is 177 Å². The Balaban J connectivity index is 1.96. The van der Waals surface area contributed by atoms with Gasteiger partial charge in [-0.15, -0.1) is 11.0 Å². The van der Waals surface area contributed by atoms with Crippen LogP contribution in [0, 0.1) is 17.0 Å². The van der Waals surface area contributed by atoms with Gasteiger partial charge in [0.1, 0.15) is 0 Å². The second-order valence-electron chi connectivity index (χ2n) is 6.33. The number of nitro benzene ring substituents is 1. The van der Waals surface area contributed by atoms with Crippen LogP contribution < -0.4 is 0 Å². The van der Waals surface area contributed by atoms with Crippen LogP contribution in [0.5, 0.6) is 0 Å². The number of thioether (sulfide) groups is 1. The first-order chi connectivity index (χ1) is 14.2. The van der Waals surface area contributed by atoms with Gasteiger partial charge in [0.25, 0.3) is 21.6 Å². The summed E-state index contributed by atoms with van der Waals surface area (Å²) < 4.78 is 29.2. The fraction of sp³-hybridized carbons (Fsp3) is 0.100. The van der Waals surface area contributed by atoms with Crippen molar-refractivity contribution in [2.24, 2.45) is 4.40 Å². The van der Waals surface area contributed by atoms with Crippen molar-refractivity contribution in [1.82, 2.24) is 4.90 Å². The smallest absolute Gasteiger partial charge is 0.282 e. The van der Waals surface area contributed by atoms with E-state index in [9.17, 15) is 23.3 Å². The van der Waals surface area contributed by atoms with Crippen LogP contribution in [0.25, 0.3) is 6.08 Å². The quantitative estimate of drug-likeness (QED) is 0.291. The molecule has 10 heteroatoms. The zero-order valence-corrected chi connectivity index (χ0v) is 17.5. The minimum Gasteiger partial charge on any atom is -0.282 e. The summed E-state index contributed by atoms with van der Waals surface area (Å²) in [4.78, 5) is 24.5. The van der Waals surface area contributed by atoms with E-state index in [0.29, 0.717) is 5.56 Å². The van der Waals surface area contributed by atoms with Gasteiger partial charge in [0.05, 0.1) is 14.7 Å². The van der Waals surface area contributed by atoms with Gasteiger partial charge >= 0.3 is 0 Å². The number of hydrogen-bond donors (Lipinski definition) is 0. The molecule has 1 amide bonds. The molecule has 0 spiro atoms. The second-order valence-corrected chi connectivity index (χ2v) is 8.94. The van der Waals surface area contributed by atoms with Crippen molar-refractivity contribution in [3.8, 4) is 0 Å². The van der Waals surface area contributed by atoms with Crippen molar-refractivity contribution < 1.29 is 18.1 Å². The Morgan fingerprint density at radius 1 is 1.17 bits per heavy atom. The van der Waals surface area contributed by atoms with Crippen molar-refractivity contribution in [1.29, 1.82) is 0 Å². The van der Waals surface area contributed by atoms with Crippen molar-refractivity contribution in [2.45, 2.75) is 11.8 Å². The number of amides is 1. The van der Waals surface area contributed by atoms with Crippen molar-refractivity contribution in [2.75, 3.05) is 6.54 Å². The molecule has 0 radical (unpaired) electrons. The standard InChI is InChI=1S/C20H17N3O5S2/c1-3-12-22-19(24)18(13-15-6-8-16(9-7-15)23(25)26)29-20(22)21-30(27,28)17-10-4-14(2)5-11-17/h3-11,13H,1,12H2,2H3/b18-13-,21-20?.